The van der Waals surface area contributed by atoms with Crippen molar-refractivity contribution in [3.05, 3.63) is 59.4 Å². The Bertz CT molecular complexity index is 1110. The van der Waals surface area contributed by atoms with Crippen LogP contribution in [0.15, 0.2) is 47.6 Å². The minimum Gasteiger partial charge on any atom is -0.351 e. The van der Waals surface area contributed by atoms with Gasteiger partial charge in [0.15, 0.2) is 5.16 Å². The van der Waals surface area contributed by atoms with E-state index in [1.165, 1.54) is 17.8 Å². The summed E-state index contributed by atoms with van der Waals surface area (Å²) in [6, 6.07) is 13.0. The van der Waals surface area contributed by atoms with Gasteiger partial charge in [0.1, 0.15) is 5.82 Å². The fourth-order valence-corrected chi connectivity index (χ4v) is 4.37. The summed E-state index contributed by atoms with van der Waals surface area (Å²) in [5.41, 5.74) is 2.37. The Kier molecular flexibility index (Phi) is 4.60. The predicted octanol–water partition coefficient (Wildman–Crippen LogP) is 3.80. The highest BCUT2D eigenvalue weighted by Gasteiger charge is 2.14. The SMILES string of the molecule is Cc1ccc(CNC(=O)CSc2nnc3sc4ccccc4n23)cc1F. The molecule has 0 radical (unpaired) electrons. The molecule has 5 nitrogen and oxygen atoms in total. The summed E-state index contributed by atoms with van der Waals surface area (Å²) in [6.45, 7) is 2.01. The molecule has 0 saturated carbocycles. The van der Waals surface area contributed by atoms with E-state index in [9.17, 15) is 9.18 Å². The number of rotatable bonds is 5. The lowest BCUT2D eigenvalue weighted by molar-refractivity contribution is -0.118. The number of thiazole rings is 1. The van der Waals surface area contributed by atoms with Crippen molar-refractivity contribution in [3.8, 4) is 0 Å². The van der Waals surface area contributed by atoms with E-state index in [2.05, 4.69) is 15.5 Å². The third-order valence-corrected chi connectivity index (χ3v) is 5.91. The first-order valence-corrected chi connectivity index (χ1v) is 9.79. The van der Waals surface area contributed by atoms with Crippen LogP contribution in [0.25, 0.3) is 15.2 Å². The first kappa shape index (κ1) is 17.0. The molecule has 0 saturated heterocycles. The second-order valence-electron chi connectivity index (χ2n) is 5.82. The van der Waals surface area contributed by atoms with Crippen LogP contribution in [0.5, 0.6) is 0 Å². The predicted molar refractivity (Wildman–Crippen MR) is 102 cm³/mol. The van der Waals surface area contributed by atoms with E-state index in [1.807, 2.05) is 34.7 Å². The molecule has 0 bridgehead atoms. The number of carbonyl (C=O) groups excluding carboxylic acids is 1. The standard InChI is InChI=1S/C18H15FN4OS2/c1-11-6-7-12(8-13(11)19)9-20-16(24)10-25-17-21-22-18-23(17)14-4-2-3-5-15(14)26-18/h2-8H,9-10H2,1H3,(H,20,24). The Morgan fingerprint density at radius 2 is 2.12 bits per heavy atom. The van der Waals surface area contributed by atoms with Crippen LogP contribution in [0, 0.1) is 12.7 Å². The van der Waals surface area contributed by atoms with Crippen molar-refractivity contribution in [1.82, 2.24) is 19.9 Å². The lowest BCUT2D eigenvalue weighted by Crippen LogP contribution is -2.24. The van der Waals surface area contributed by atoms with Crippen LogP contribution in [-0.4, -0.2) is 26.3 Å². The van der Waals surface area contributed by atoms with E-state index in [0.29, 0.717) is 17.3 Å². The van der Waals surface area contributed by atoms with Crippen molar-refractivity contribution >= 4 is 44.2 Å². The molecule has 2 aromatic heterocycles. The number of halogens is 1. The molecule has 0 fully saturated rings. The molecule has 26 heavy (non-hydrogen) atoms. The molecule has 0 aliphatic carbocycles. The van der Waals surface area contributed by atoms with Crippen LogP contribution in [0.2, 0.25) is 0 Å². The molecule has 0 atom stereocenters. The second-order valence-corrected chi connectivity index (χ2v) is 7.77. The molecule has 1 N–H and O–H groups in total. The van der Waals surface area contributed by atoms with Gasteiger partial charge in [-0.15, -0.1) is 10.2 Å². The second kappa shape index (κ2) is 7.05. The van der Waals surface area contributed by atoms with Crippen LogP contribution >= 0.6 is 23.1 Å². The third kappa shape index (κ3) is 3.30. The molecule has 8 heteroatoms. The van der Waals surface area contributed by atoms with Crippen molar-refractivity contribution in [2.75, 3.05) is 5.75 Å². The van der Waals surface area contributed by atoms with Crippen molar-refractivity contribution in [2.45, 2.75) is 18.6 Å². The van der Waals surface area contributed by atoms with Gasteiger partial charge in [-0.25, -0.2) is 4.39 Å². The fourth-order valence-electron chi connectivity index (χ4n) is 2.58. The highest BCUT2D eigenvalue weighted by Crippen LogP contribution is 2.29. The molecular weight excluding hydrogens is 371 g/mol. The average molecular weight is 386 g/mol. The third-order valence-electron chi connectivity index (χ3n) is 3.97. The number of carbonyl (C=O) groups is 1. The van der Waals surface area contributed by atoms with E-state index in [-0.39, 0.29) is 17.5 Å². The zero-order valence-corrected chi connectivity index (χ0v) is 15.5. The first-order valence-electron chi connectivity index (χ1n) is 7.99. The molecule has 2 heterocycles. The van der Waals surface area contributed by atoms with Gasteiger partial charge in [0.2, 0.25) is 10.9 Å². The topological polar surface area (TPSA) is 59.3 Å². The smallest absolute Gasteiger partial charge is 0.230 e. The van der Waals surface area contributed by atoms with Gasteiger partial charge in [0.25, 0.3) is 0 Å². The maximum absolute atomic E-state index is 13.5. The van der Waals surface area contributed by atoms with Gasteiger partial charge in [-0.1, -0.05) is 47.4 Å². The van der Waals surface area contributed by atoms with Crippen molar-refractivity contribution in [2.24, 2.45) is 0 Å². The Morgan fingerprint density at radius 1 is 1.27 bits per heavy atom. The highest BCUT2D eigenvalue weighted by atomic mass is 32.2. The number of para-hydroxylation sites is 1. The van der Waals surface area contributed by atoms with Crippen LogP contribution in [0.4, 0.5) is 4.39 Å². The number of thioether (sulfide) groups is 1. The molecule has 4 rings (SSSR count). The molecule has 2 aromatic carbocycles. The summed E-state index contributed by atoms with van der Waals surface area (Å²) in [5.74, 6) is -0.173. The van der Waals surface area contributed by atoms with E-state index < -0.39 is 0 Å². The van der Waals surface area contributed by atoms with Gasteiger partial charge in [-0.3, -0.25) is 9.20 Å². The van der Waals surface area contributed by atoms with Gasteiger partial charge in [-0.2, -0.15) is 0 Å². The number of nitrogens with zero attached hydrogens (tertiary/aromatic N) is 3. The van der Waals surface area contributed by atoms with Gasteiger partial charge >= 0.3 is 0 Å². The first-order chi connectivity index (χ1) is 12.6. The number of amides is 1. The number of hydrogen-bond acceptors (Lipinski definition) is 5. The fraction of sp³-hybridized carbons (Fsp3) is 0.167. The molecule has 0 unspecified atom stereocenters. The zero-order chi connectivity index (χ0) is 18.1. The van der Waals surface area contributed by atoms with E-state index in [0.717, 1.165) is 20.7 Å². The molecule has 0 aliphatic heterocycles. The van der Waals surface area contributed by atoms with Gasteiger partial charge in [0.05, 0.1) is 16.0 Å². The maximum Gasteiger partial charge on any atom is 0.230 e. The summed E-state index contributed by atoms with van der Waals surface area (Å²) >= 11 is 2.90. The number of benzene rings is 2. The summed E-state index contributed by atoms with van der Waals surface area (Å²) in [6.07, 6.45) is 0. The van der Waals surface area contributed by atoms with Crippen molar-refractivity contribution in [3.63, 3.8) is 0 Å². The Balaban J connectivity index is 1.41. The Labute approximate surface area is 157 Å². The number of fused-ring (bicyclic) bond motifs is 3. The van der Waals surface area contributed by atoms with E-state index in [4.69, 9.17) is 0 Å². The molecule has 132 valence electrons. The number of nitrogens with one attached hydrogen (secondary N) is 1. The number of hydrogen-bond donors (Lipinski definition) is 1. The van der Waals surface area contributed by atoms with Crippen LogP contribution < -0.4 is 5.32 Å². The van der Waals surface area contributed by atoms with Gasteiger partial charge in [-0.05, 0) is 36.2 Å². The quantitative estimate of drug-likeness (QED) is 0.530. The van der Waals surface area contributed by atoms with Gasteiger partial charge < -0.3 is 5.32 Å². The molecular formula is C18H15FN4OS2. The summed E-state index contributed by atoms with van der Waals surface area (Å²) < 4.78 is 16.6. The number of aromatic nitrogens is 3. The number of aryl methyl sites for hydroxylation is 1. The van der Waals surface area contributed by atoms with Gasteiger partial charge in [0, 0.05) is 6.54 Å². The lowest BCUT2D eigenvalue weighted by Gasteiger charge is -2.06. The Morgan fingerprint density at radius 3 is 2.96 bits per heavy atom. The van der Waals surface area contributed by atoms with Crippen LogP contribution in [0.1, 0.15) is 11.1 Å². The van der Waals surface area contributed by atoms with Crippen molar-refractivity contribution in [1.29, 1.82) is 0 Å². The molecule has 0 spiro atoms. The summed E-state index contributed by atoms with van der Waals surface area (Å²) in [4.78, 5) is 12.9. The van der Waals surface area contributed by atoms with Crippen molar-refractivity contribution < 1.29 is 9.18 Å². The Hall–Kier alpha value is -2.45. The summed E-state index contributed by atoms with van der Waals surface area (Å²) in [7, 11) is 0. The molecule has 0 aliphatic rings. The van der Waals surface area contributed by atoms with E-state index >= 15 is 0 Å². The normalized spacial score (nSPS) is 11.3. The molecule has 4 aromatic rings. The van der Waals surface area contributed by atoms with Crippen LogP contribution in [-0.2, 0) is 11.3 Å². The average Bonchev–Trinajstić information content (AvgIpc) is 3.20. The lowest BCUT2D eigenvalue weighted by atomic mass is 10.1. The minimum absolute atomic E-state index is 0.132. The largest absolute Gasteiger partial charge is 0.351 e. The molecule has 1 amide bonds. The minimum atomic E-state index is -0.263. The highest BCUT2D eigenvalue weighted by molar-refractivity contribution is 7.99. The monoisotopic (exact) mass is 386 g/mol. The maximum atomic E-state index is 13.5. The zero-order valence-electron chi connectivity index (χ0n) is 13.9. The summed E-state index contributed by atoms with van der Waals surface area (Å²) in [5, 5.41) is 11.9. The van der Waals surface area contributed by atoms with E-state index in [1.54, 1.807) is 24.3 Å². The van der Waals surface area contributed by atoms with Crippen LogP contribution in [0.3, 0.4) is 0 Å².